The van der Waals surface area contributed by atoms with Crippen molar-refractivity contribution in [3.8, 4) is 5.75 Å². The van der Waals surface area contributed by atoms with E-state index in [-0.39, 0.29) is 16.6 Å². The van der Waals surface area contributed by atoms with Crippen LogP contribution in [-0.2, 0) is 9.59 Å². The van der Waals surface area contributed by atoms with Crippen molar-refractivity contribution in [2.75, 3.05) is 17.7 Å². The van der Waals surface area contributed by atoms with Crippen molar-refractivity contribution in [1.29, 1.82) is 0 Å². The Morgan fingerprint density at radius 1 is 0.881 bits per heavy atom. The van der Waals surface area contributed by atoms with Crippen molar-refractivity contribution in [2.45, 2.75) is 17.1 Å². The molecule has 3 amide bonds. The molecular weight excluding hydrogens is 577 g/mol. The first-order valence-corrected chi connectivity index (χ1v) is 14.0. The molecule has 10 heteroatoms. The van der Waals surface area contributed by atoms with Crippen molar-refractivity contribution in [3.05, 3.63) is 125 Å². The number of para-hydroxylation sites is 1. The highest BCUT2D eigenvalue weighted by atomic mass is 35.5. The molecule has 0 aliphatic carbocycles. The number of carbonyl (C=O) groups excluding carboxylic acids is 3. The van der Waals surface area contributed by atoms with E-state index in [1.165, 1.54) is 37.1 Å². The predicted molar refractivity (Wildman–Crippen MR) is 165 cm³/mol. The van der Waals surface area contributed by atoms with Crippen molar-refractivity contribution >= 4 is 58.5 Å². The van der Waals surface area contributed by atoms with Gasteiger partial charge in [0, 0.05) is 27.4 Å². The van der Waals surface area contributed by atoms with Gasteiger partial charge in [-0.15, -0.1) is 11.8 Å². The first-order valence-electron chi connectivity index (χ1n) is 12.8. The molecule has 4 aromatic carbocycles. The second kappa shape index (κ2) is 14.3. The molecule has 0 bridgehead atoms. The standard InChI is InChI=1S/C32H27ClFN3O4S/c1-20(30(38)35-24-15-16-27(34)26(33)19-24)42-25-13-8-12-23(18-25)36-32(40)28(17-22-11-6-7-14-29(22)41-2)37-31(39)21-9-4-3-5-10-21/h3-20H,1-2H3,(H,35,38)(H,36,40)(H,37,39)/b28-17+. The highest BCUT2D eigenvalue weighted by Crippen LogP contribution is 2.28. The van der Waals surface area contributed by atoms with Crippen LogP contribution in [0.2, 0.25) is 5.02 Å². The third-order valence-electron chi connectivity index (χ3n) is 5.93. The second-order valence-corrected chi connectivity index (χ2v) is 10.8. The van der Waals surface area contributed by atoms with Gasteiger partial charge in [-0.2, -0.15) is 0 Å². The fraction of sp³-hybridized carbons (Fsp3) is 0.0938. The summed E-state index contributed by atoms with van der Waals surface area (Å²) in [6.07, 6.45) is 1.54. The summed E-state index contributed by atoms with van der Waals surface area (Å²) < 4.78 is 18.8. The second-order valence-electron chi connectivity index (χ2n) is 8.98. The lowest BCUT2D eigenvalue weighted by atomic mass is 10.1. The number of ether oxygens (including phenoxy) is 1. The molecule has 0 aromatic heterocycles. The lowest BCUT2D eigenvalue weighted by Gasteiger charge is -2.14. The number of rotatable bonds is 10. The van der Waals surface area contributed by atoms with E-state index >= 15 is 0 Å². The molecule has 4 aromatic rings. The Balaban J connectivity index is 1.50. The van der Waals surface area contributed by atoms with Gasteiger partial charge in [0.15, 0.2) is 0 Å². The van der Waals surface area contributed by atoms with Crippen LogP contribution in [0.4, 0.5) is 15.8 Å². The smallest absolute Gasteiger partial charge is 0.272 e. The minimum atomic E-state index is -0.573. The maximum Gasteiger partial charge on any atom is 0.272 e. The van der Waals surface area contributed by atoms with Gasteiger partial charge in [-0.3, -0.25) is 14.4 Å². The Labute approximate surface area is 252 Å². The van der Waals surface area contributed by atoms with Crippen LogP contribution in [0, 0.1) is 5.82 Å². The Kier molecular flexibility index (Phi) is 10.4. The number of nitrogens with one attached hydrogen (secondary N) is 3. The quantitative estimate of drug-likeness (QED) is 0.134. The van der Waals surface area contributed by atoms with E-state index in [0.29, 0.717) is 28.3 Å². The molecule has 1 unspecified atom stereocenters. The van der Waals surface area contributed by atoms with Crippen LogP contribution in [-0.4, -0.2) is 30.1 Å². The number of halogens is 2. The van der Waals surface area contributed by atoms with Gasteiger partial charge in [0.1, 0.15) is 17.3 Å². The van der Waals surface area contributed by atoms with Crippen molar-refractivity contribution in [2.24, 2.45) is 0 Å². The molecule has 0 aliphatic rings. The van der Waals surface area contributed by atoms with Crippen LogP contribution in [0.1, 0.15) is 22.8 Å². The number of benzene rings is 4. The SMILES string of the molecule is COc1ccccc1/C=C(/NC(=O)c1ccccc1)C(=O)Nc1cccc(SC(C)C(=O)Nc2ccc(F)c(Cl)c2)c1. The fourth-order valence-corrected chi connectivity index (χ4v) is 4.91. The molecule has 1 atom stereocenters. The molecule has 4 rings (SSSR count). The van der Waals surface area contributed by atoms with E-state index in [0.717, 1.165) is 4.90 Å². The van der Waals surface area contributed by atoms with E-state index in [2.05, 4.69) is 16.0 Å². The van der Waals surface area contributed by atoms with Crippen LogP contribution in [0.5, 0.6) is 5.75 Å². The lowest BCUT2D eigenvalue weighted by molar-refractivity contribution is -0.115. The Hall–Kier alpha value is -4.60. The summed E-state index contributed by atoms with van der Waals surface area (Å²) in [6, 6.07) is 26.6. The molecule has 42 heavy (non-hydrogen) atoms. The van der Waals surface area contributed by atoms with Gasteiger partial charge < -0.3 is 20.7 Å². The van der Waals surface area contributed by atoms with E-state index in [1.54, 1.807) is 85.8 Å². The number of hydrogen-bond donors (Lipinski definition) is 3. The molecule has 0 saturated heterocycles. The Morgan fingerprint density at radius 3 is 2.33 bits per heavy atom. The fourth-order valence-electron chi connectivity index (χ4n) is 3.80. The van der Waals surface area contributed by atoms with Gasteiger partial charge in [0.05, 0.1) is 17.4 Å². The van der Waals surface area contributed by atoms with Crippen molar-refractivity contribution < 1.29 is 23.5 Å². The van der Waals surface area contributed by atoms with Gasteiger partial charge in [0.2, 0.25) is 5.91 Å². The molecule has 3 N–H and O–H groups in total. The van der Waals surface area contributed by atoms with Gasteiger partial charge in [-0.25, -0.2) is 4.39 Å². The molecule has 0 radical (unpaired) electrons. The summed E-state index contributed by atoms with van der Waals surface area (Å²) in [5.41, 5.74) is 1.85. The number of hydrogen-bond acceptors (Lipinski definition) is 5. The van der Waals surface area contributed by atoms with Crippen LogP contribution in [0.3, 0.4) is 0 Å². The summed E-state index contributed by atoms with van der Waals surface area (Å²) in [5, 5.41) is 7.64. The molecule has 7 nitrogen and oxygen atoms in total. The summed E-state index contributed by atoms with van der Waals surface area (Å²) in [6.45, 7) is 1.73. The third kappa shape index (κ3) is 8.22. The maximum atomic E-state index is 13.4. The lowest BCUT2D eigenvalue weighted by Crippen LogP contribution is -2.30. The van der Waals surface area contributed by atoms with Crippen LogP contribution in [0.25, 0.3) is 6.08 Å². The van der Waals surface area contributed by atoms with Crippen LogP contribution < -0.4 is 20.7 Å². The molecule has 0 aliphatic heterocycles. The zero-order valence-corrected chi connectivity index (χ0v) is 24.3. The summed E-state index contributed by atoms with van der Waals surface area (Å²) in [7, 11) is 1.52. The average molecular weight is 604 g/mol. The van der Waals surface area contributed by atoms with E-state index in [9.17, 15) is 18.8 Å². The minimum Gasteiger partial charge on any atom is -0.496 e. The molecule has 0 heterocycles. The first-order chi connectivity index (χ1) is 20.2. The minimum absolute atomic E-state index is 0.0112. The zero-order valence-electron chi connectivity index (χ0n) is 22.7. The number of carbonyl (C=O) groups is 3. The predicted octanol–water partition coefficient (Wildman–Crippen LogP) is 7.02. The summed E-state index contributed by atoms with van der Waals surface area (Å²) in [5.74, 6) is -1.34. The van der Waals surface area contributed by atoms with Gasteiger partial charge >= 0.3 is 0 Å². The molecule has 0 fully saturated rings. The number of anilines is 2. The van der Waals surface area contributed by atoms with Gasteiger partial charge in [0.25, 0.3) is 11.8 Å². The van der Waals surface area contributed by atoms with Crippen LogP contribution >= 0.6 is 23.4 Å². The summed E-state index contributed by atoms with van der Waals surface area (Å²) >= 11 is 7.08. The van der Waals surface area contributed by atoms with Crippen molar-refractivity contribution in [1.82, 2.24) is 5.32 Å². The number of amides is 3. The highest BCUT2D eigenvalue weighted by molar-refractivity contribution is 8.00. The van der Waals surface area contributed by atoms with E-state index < -0.39 is 22.9 Å². The largest absolute Gasteiger partial charge is 0.496 e. The first kappa shape index (κ1) is 30.4. The summed E-state index contributed by atoms with van der Waals surface area (Å²) in [4.78, 5) is 39.8. The van der Waals surface area contributed by atoms with Crippen LogP contribution in [0.15, 0.2) is 108 Å². The average Bonchev–Trinajstić information content (AvgIpc) is 2.99. The molecule has 214 valence electrons. The normalized spacial score (nSPS) is 11.8. The third-order valence-corrected chi connectivity index (χ3v) is 7.31. The Morgan fingerprint density at radius 2 is 1.60 bits per heavy atom. The number of thioether (sulfide) groups is 1. The van der Waals surface area contributed by atoms with Crippen molar-refractivity contribution in [3.63, 3.8) is 0 Å². The molecular formula is C32H27ClFN3O4S. The molecule has 0 saturated carbocycles. The van der Waals surface area contributed by atoms with Gasteiger partial charge in [-0.05, 0) is 67.6 Å². The zero-order chi connectivity index (χ0) is 30.1. The number of methoxy groups -OCH3 is 1. The van der Waals surface area contributed by atoms with Gasteiger partial charge in [-0.1, -0.05) is 54.1 Å². The Bertz CT molecular complexity index is 1630. The molecule has 0 spiro atoms. The monoisotopic (exact) mass is 603 g/mol. The van der Waals surface area contributed by atoms with E-state index in [4.69, 9.17) is 16.3 Å². The topological polar surface area (TPSA) is 96.5 Å². The van der Waals surface area contributed by atoms with E-state index in [1.807, 2.05) is 6.07 Å². The maximum absolute atomic E-state index is 13.4. The highest BCUT2D eigenvalue weighted by Gasteiger charge is 2.18.